The van der Waals surface area contributed by atoms with Crippen LogP contribution in [0.5, 0.6) is 0 Å². The molecule has 0 radical (unpaired) electrons. The number of nitrogens with zero attached hydrogens (tertiary/aromatic N) is 2. The Kier molecular flexibility index (Phi) is 7.48. The highest BCUT2D eigenvalue weighted by atomic mass is 19.1. The van der Waals surface area contributed by atoms with E-state index >= 15 is 0 Å². The van der Waals surface area contributed by atoms with Crippen LogP contribution < -0.4 is 5.32 Å². The van der Waals surface area contributed by atoms with Crippen LogP contribution in [0.2, 0.25) is 0 Å². The number of amides is 1. The number of carbonyl (C=O) groups excluding carboxylic acids is 1. The Balaban J connectivity index is 2.01. The van der Waals surface area contributed by atoms with Crippen molar-refractivity contribution >= 4 is 5.91 Å². The number of halogens is 1. The van der Waals surface area contributed by atoms with Gasteiger partial charge in [0.05, 0.1) is 18.8 Å². The maximum absolute atomic E-state index is 13.3. The quantitative estimate of drug-likeness (QED) is 0.575. The molecule has 1 saturated heterocycles. The number of carbonyl (C=O) groups is 1. The fraction of sp³-hybridized carbons (Fsp3) is 0.611. The highest BCUT2D eigenvalue weighted by Crippen LogP contribution is 2.25. The highest BCUT2D eigenvalue weighted by Gasteiger charge is 2.45. The summed E-state index contributed by atoms with van der Waals surface area (Å²) < 4.78 is 19.0. The van der Waals surface area contributed by atoms with E-state index in [4.69, 9.17) is 4.74 Å². The number of hydrogen-bond acceptors (Lipinski definition) is 6. The lowest BCUT2D eigenvalue weighted by atomic mass is 10.0. The van der Waals surface area contributed by atoms with Crippen LogP contribution in [-0.2, 0) is 4.74 Å². The van der Waals surface area contributed by atoms with Gasteiger partial charge in [-0.15, -0.1) is 0 Å². The molecule has 0 unspecified atom stereocenters. The Morgan fingerprint density at radius 3 is 2.62 bits per heavy atom. The number of nitrogens with one attached hydrogen (secondary N) is 1. The zero-order chi connectivity index (χ0) is 19.3. The smallest absolute Gasteiger partial charge is 0.251 e. The standard InChI is InChI=1S/C18H28FN3O4/c1-21(2)7-8-22(3)16-14(26-15(11-23)17(16)24)10-20-18(25)12-5-4-6-13(19)9-12/h4-6,9,14-17,23-24H,7-8,10-11H2,1-3H3,(H,20,25)/t14-,15+,16+,17-/m1/s1. The number of aliphatic hydroxyl groups excluding tert-OH is 2. The van der Waals surface area contributed by atoms with Crippen LogP contribution in [0.1, 0.15) is 10.4 Å². The first-order valence-corrected chi connectivity index (χ1v) is 8.66. The number of likely N-dealkylation sites (N-methyl/N-ethyl adjacent to an activating group) is 2. The Labute approximate surface area is 153 Å². The molecule has 7 nitrogen and oxygen atoms in total. The van der Waals surface area contributed by atoms with E-state index in [0.717, 1.165) is 12.6 Å². The molecule has 1 amide bonds. The van der Waals surface area contributed by atoms with Crippen molar-refractivity contribution in [1.82, 2.24) is 15.1 Å². The summed E-state index contributed by atoms with van der Waals surface area (Å²) in [4.78, 5) is 16.2. The molecule has 26 heavy (non-hydrogen) atoms. The first kappa shape index (κ1) is 20.7. The second kappa shape index (κ2) is 9.38. The Bertz CT molecular complexity index is 602. The van der Waals surface area contributed by atoms with Crippen molar-refractivity contribution in [2.45, 2.75) is 24.4 Å². The second-order valence-electron chi connectivity index (χ2n) is 6.88. The first-order chi connectivity index (χ1) is 12.3. The Morgan fingerprint density at radius 1 is 1.27 bits per heavy atom. The molecule has 4 atom stereocenters. The van der Waals surface area contributed by atoms with Crippen molar-refractivity contribution in [3.05, 3.63) is 35.6 Å². The number of ether oxygens (including phenoxy) is 1. The van der Waals surface area contributed by atoms with E-state index in [-0.39, 0.29) is 24.8 Å². The molecule has 1 aliphatic rings. The summed E-state index contributed by atoms with van der Waals surface area (Å²) in [5.74, 6) is -0.892. The lowest BCUT2D eigenvalue weighted by molar-refractivity contribution is -0.0209. The van der Waals surface area contributed by atoms with Gasteiger partial charge in [-0.25, -0.2) is 4.39 Å². The third-order valence-electron chi connectivity index (χ3n) is 4.60. The van der Waals surface area contributed by atoms with E-state index in [9.17, 15) is 19.4 Å². The number of aliphatic hydroxyl groups is 2. The van der Waals surface area contributed by atoms with Crippen molar-refractivity contribution in [3.63, 3.8) is 0 Å². The van der Waals surface area contributed by atoms with Crippen molar-refractivity contribution in [2.24, 2.45) is 0 Å². The molecule has 8 heteroatoms. The molecule has 0 aliphatic carbocycles. The van der Waals surface area contributed by atoms with Crippen LogP contribution >= 0.6 is 0 Å². The Morgan fingerprint density at radius 2 is 2.00 bits per heavy atom. The first-order valence-electron chi connectivity index (χ1n) is 8.66. The fourth-order valence-electron chi connectivity index (χ4n) is 3.12. The van der Waals surface area contributed by atoms with Gasteiger partial charge in [0, 0.05) is 25.2 Å². The molecule has 0 saturated carbocycles. The van der Waals surface area contributed by atoms with Gasteiger partial charge in [0.2, 0.25) is 0 Å². The molecule has 146 valence electrons. The van der Waals surface area contributed by atoms with Crippen LogP contribution in [0.3, 0.4) is 0 Å². The minimum atomic E-state index is -0.858. The van der Waals surface area contributed by atoms with Crippen LogP contribution in [0.25, 0.3) is 0 Å². The monoisotopic (exact) mass is 369 g/mol. The molecule has 2 rings (SSSR count). The third kappa shape index (κ3) is 5.21. The average molecular weight is 369 g/mol. The zero-order valence-electron chi connectivity index (χ0n) is 15.4. The minimum Gasteiger partial charge on any atom is -0.394 e. The van der Waals surface area contributed by atoms with Crippen molar-refractivity contribution < 1.29 is 24.1 Å². The molecule has 1 aliphatic heterocycles. The Hall–Kier alpha value is -1.58. The molecular weight excluding hydrogens is 341 g/mol. The van der Waals surface area contributed by atoms with Gasteiger partial charge in [0.1, 0.15) is 18.0 Å². The molecule has 0 spiro atoms. The predicted octanol–water partition coefficient (Wildman–Crippen LogP) is -0.462. The van der Waals surface area contributed by atoms with E-state index in [2.05, 4.69) is 5.32 Å². The number of hydrogen-bond donors (Lipinski definition) is 3. The molecule has 0 aromatic heterocycles. The topological polar surface area (TPSA) is 85.3 Å². The SMILES string of the molecule is CN(C)CCN(C)[C@@H]1[C@H](O)[C@H](CO)O[C@@H]1CNC(=O)c1cccc(F)c1. The highest BCUT2D eigenvalue weighted by molar-refractivity contribution is 5.94. The van der Waals surface area contributed by atoms with Gasteiger partial charge in [-0.1, -0.05) is 6.07 Å². The van der Waals surface area contributed by atoms with E-state index in [1.807, 2.05) is 30.9 Å². The van der Waals surface area contributed by atoms with Gasteiger partial charge in [-0.3, -0.25) is 9.69 Å². The summed E-state index contributed by atoms with van der Waals surface area (Å²) in [6.07, 6.45) is -2.03. The summed E-state index contributed by atoms with van der Waals surface area (Å²) in [7, 11) is 5.80. The second-order valence-corrected chi connectivity index (χ2v) is 6.88. The average Bonchev–Trinajstić information content (AvgIpc) is 2.93. The van der Waals surface area contributed by atoms with Gasteiger partial charge in [0.25, 0.3) is 5.91 Å². The summed E-state index contributed by atoms with van der Waals surface area (Å²) in [6.45, 7) is 1.35. The molecular formula is C18H28FN3O4. The normalized spacial score (nSPS) is 25.8. The van der Waals surface area contributed by atoms with Crippen molar-refractivity contribution in [2.75, 3.05) is 47.4 Å². The fourth-order valence-corrected chi connectivity index (χ4v) is 3.12. The lowest BCUT2D eigenvalue weighted by Crippen LogP contribution is -2.51. The van der Waals surface area contributed by atoms with Crippen LogP contribution in [-0.4, -0.2) is 97.7 Å². The van der Waals surface area contributed by atoms with Gasteiger partial charge >= 0.3 is 0 Å². The maximum atomic E-state index is 13.3. The van der Waals surface area contributed by atoms with E-state index in [1.54, 1.807) is 0 Å². The number of benzene rings is 1. The van der Waals surface area contributed by atoms with Crippen LogP contribution in [0.4, 0.5) is 4.39 Å². The largest absolute Gasteiger partial charge is 0.394 e. The van der Waals surface area contributed by atoms with Gasteiger partial charge < -0.3 is 25.2 Å². The predicted molar refractivity (Wildman–Crippen MR) is 95.5 cm³/mol. The molecule has 1 aromatic carbocycles. The van der Waals surface area contributed by atoms with Crippen molar-refractivity contribution in [3.8, 4) is 0 Å². The van der Waals surface area contributed by atoms with Gasteiger partial charge in [0.15, 0.2) is 0 Å². The summed E-state index contributed by atoms with van der Waals surface area (Å²) in [5, 5.41) is 22.6. The molecule has 1 fully saturated rings. The summed E-state index contributed by atoms with van der Waals surface area (Å²) in [5.41, 5.74) is 0.222. The van der Waals surface area contributed by atoms with Gasteiger partial charge in [-0.05, 0) is 39.3 Å². The van der Waals surface area contributed by atoms with E-state index < -0.39 is 30.0 Å². The zero-order valence-corrected chi connectivity index (χ0v) is 15.4. The lowest BCUT2D eigenvalue weighted by Gasteiger charge is -2.31. The van der Waals surface area contributed by atoms with Gasteiger partial charge in [-0.2, -0.15) is 0 Å². The molecule has 0 bridgehead atoms. The molecule has 1 heterocycles. The summed E-state index contributed by atoms with van der Waals surface area (Å²) >= 11 is 0. The van der Waals surface area contributed by atoms with Crippen LogP contribution in [0.15, 0.2) is 24.3 Å². The van der Waals surface area contributed by atoms with E-state index in [0.29, 0.717) is 6.54 Å². The molecule has 3 N–H and O–H groups in total. The van der Waals surface area contributed by atoms with E-state index in [1.165, 1.54) is 18.2 Å². The maximum Gasteiger partial charge on any atom is 0.251 e. The third-order valence-corrected chi connectivity index (χ3v) is 4.60. The molecule has 1 aromatic rings. The van der Waals surface area contributed by atoms with Crippen LogP contribution in [0, 0.1) is 5.82 Å². The van der Waals surface area contributed by atoms with Crippen molar-refractivity contribution in [1.29, 1.82) is 0 Å². The number of rotatable bonds is 8. The summed E-state index contributed by atoms with van der Waals surface area (Å²) in [6, 6.07) is 5.07. The minimum absolute atomic E-state index is 0.153.